The van der Waals surface area contributed by atoms with E-state index in [-0.39, 0.29) is 32.0 Å². The molecule has 0 aliphatic rings. The summed E-state index contributed by atoms with van der Waals surface area (Å²) in [5.74, 6) is -0.837. The monoisotopic (exact) mass is 1040 g/mol. The van der Waals surface area contributed by atoms with E-state index >= 15 is 0 Å². The molecule has 72 heavy (non-hydrogen) atoms. The number of hydrogen-bond acceptors (Lipinski definition) is 8. The first-order valence-corrected chi connectivity index (χ1v) is 32.2. The van der Waals surface area contributed by atoms with E-state index in [4.69, 9.17) is 18.5 Å². The molecule has 2 atom stereocenters. The molecule has 0 saturated heterocycles. The molecular weight excluding hydrogens is 918 g/mol. The molecule has 10 heteroatoms. The molecule has 0 aromatic carbocycles. The van der Waals surface area contributed by atoms with Crippen molar-refractivity contribution in [3.63, 3.8) is 0 Å². The summed E-state index contributed by atoms with van der Waals surface area (Å²) in [5, 5.41) is 0. The maximum Gasteiger partial charge on any atom is 0.306 e. The number of unbranched alkanes of at least 4 members (excludes halogenated alkanes) is 37. The average Bonchev–Trinajstić information content (AvgIpc) is 3.34. The zero-order valence-corrected chi connectivity index (χ0v) is 49.0. The van der Waals surface area contributed by atoms with Gasteiger partial charge in [0, 0.05) is 12.8 Å². The molecule has 9 nitrogen and oxygen atoms in total. The number of nitrogens with zero attached hydrogens (tertiary/aromatic N) is 1. The molecule has 0 spiro atoms. The Bertz CT molecular complexity index is 1310. The molecule has 2 unspecified atom stereocenters. The van der Waals surface area contributed by atoms with Crippen LogP contribution in [-0.4, -0.2) is 70.0 Å². The zero-order valence-electron chi connectivity index (χ0n) is 48.1. The van der Waals surface area contributed by atoms with Gasteiger partial charge in [0.05, 0.1) is 27.7 Å². The van der Waals surface area contributed by atoms with Crippen molar-refractivity contribution in [2.75, 3.05) is 47.5 Å². The Morgan fingerprint density at radius 1 is 0.431 bits per heavy atom. The zero-order chi connectivity index (χ0) is 52.7. The fraction of sp³-hybridized carbons (Fsp3) is 0.871. The van der Waals surface area contributed by atoms with Crippen molar-refractivity contribution in [2.45, 2.75) is 302 Å². The molecule has 0 aromatic rings. The summed E-state index contributed by atoms with van der Waals surface area (Å²) in [7, 11) is 1.17. The summed E-state index contributed by atoms with van der Waals surface area (Å²) in [6.07, 6.45) is 66.5. The van der Waals surface area contributed by atoms with Crippen LogP contribution in [0.1, 0.15) is 296 Å². The largest absolute Gasteiger partial charge is 0.756 e. The maximum absolute atomic E-state index is 12.7. The van der Waals surface area contributed by atoms with E-state index in [1.165, 1.54) is 205 Å². The van der Waals surface area contributed by atoms with Crippen molar-refractivity contribution >= 4 is 19.8 Å². The highest BCUT2D eigenvalue weighted by molar-refractivity contribution is 7.45. The normalized spacial score (nSPS) is 13.5. The predicted molar refractivity (Wildman–Crippen MR) is 305 cm³/mol. The molecule has 0 fully saturated rings. The molecular formula is C62H118NO8P. The van der Waals surface area contributed by atoms with Gasteiger partial charge >= 0.3 is 11.9 Å². The lowest BCUT2D eigenvalue weighted by Gasteiger charge is -2.28. The van der Waals surface area contributed by atoms with Crippen molar-refractivity contribution in [3.05, 3.63) is 36.5 Å². The number of carbonyl (C=O) groups is 2. The first-order chi connectivity index (χ1) is 35.0. The maximum atomic E-state index is 12.7. The average molecular weight is 1040 g/mol. The van der Waals surface area contributed by atoms with Crippen LogP contribution >= 0.6 is 7.82 Å². The Hall–Kier alpha value is -1.77. The van der Waals surface area contributed by atoms with Crippen LogP contribution in [0.5, 0.6) is 0 Å². The summed E-state index contributed by atoms with van der Waals surface area (Å²) in [5.41, 5.74) is 0. The Balaban J connectivity index is 3.97. The van der Waals surface area contributed by atoms with E-state index in [0.717, 1.165) is 57.8 Å². The fourth-order valence-corrected chi connectivity index (χ4v) is 9.59. The third-order valence-corrected chi connectivity index (χ3v) is 14.6. The molecule has 0 heterocycles. The van der Waals surface area contributed by atoms with Crippen LogP contribution in [-0.2, 0) is 32.7 Å². The third kappa shape index (κ3) is 57.5. The number of phosphoric ester groups is 1. The summed E-state index contributed by atoms with van der Waals surface area (Å²) in [4.78, 5) is 37.8. The molecule has 424 valence electrons. The molecule has 0 aliphatic carbocycles. The SMILES string of the molecule is CCCCC/C=C\C/C=C\CCCCCCCC(=O)OC(COC(=O)CCCCCCCCCCCCCCCCCCCCCCC/C=C\CCCCCCCCCC)COP(=O)([O-])OCC[N+](C)(C)C. The second-order valence-corrected chi connectivity index (χ2v) is 23.5. The Morgan fingerprint density at radius 2 is 0.750 bits per heavy atom. The van der Waals surface area contributed by atoms with Crippen LogP contribution in [0.4, 0.5) is 0 Å². The van der Waals surface area contributed by atoms with Crippen LogP contribution in [0.25, 0.3) is 0 Å². The number of rotatable bonds is 57. The fourth-order valence-electron chi connectivity index (χ4n) is 8.86. The molecule has 0 saturated carbocycles. The summed E-state index contributed by atoms with van der Waals surface area (Å²) in [6, 6.07) is 0. The van der Waals surface area contributed by atoms with Crippen LogP contribution in [0.2, 0.25) is 0 Å². The van der Waals surface area contributed by atoms with Gasteiger partial charge in [0.2, 0.25) is 0 Å². The number of quaternary nitrogens is 1. The van der Waals surface area contributed by atoms with Gasteiger partial charge in [0.1, 0.15) is 19.8 Å². The molecule has 0 aromatic heterocycles. The number of likely N-dealkylation sites (N-methyl/N-ethyl adjacent to an activating group) is 1. The lowest BCUT2D eigenvalue weighted by atomic mass is 10.0. The summed E-state index contributed by atoms with van der Waals surface area (Å²) >= 11 is 0. The van der Waals surface area contributed by atoms with Crippen LogP contribution in [0.15, 0.2) is 36.5 Å². The standard InChI is InChI=1S/C62H118NO8P/c1-6-8-10-12-14-16-18-20-22-23-24-25-26-27-28-29-30-31-32-33-34-35-36-37-38-39-41-42-44-46-48-50-52-54-61(64)68-58-60(59-70-72(66,67)69-57-56-63(3,4)5)71-62(65)55-53-51-49-47-45-43-40-21-19-17-15-13-11-9-7-2/h15,17,21,23-24,40,60H,6-14,16,18-20,22,25-39,41-59H2,1-5H3/b17-15-,24-23-,40-21-. The van der Waals surface area contributed by atoms with Crippen molar-refractivity contribution in [2.24, 2.45) is 0 Å². The number of ether oxygens (including phenoxy) is 2. The number of phosphoric acid groups is 1. The van der Waals surface area contributed by atoms with E-state index in [9.17, 15) is 19.0 Å². The molecule has 0 bridgehead atoms. The number of allylic oxidation sites excluding steroid dienone is 6. The minimum absolute atomic E-state index is 0.0324. The Labute approximate surface area is 446 Å². The Morgan fingerprint density at radius 3 is 1.14 bits per heavy atom. The molecule has 0 aliphatic heterocycles. The second-order valence-electron chi connectivity index (χ2n) is 22.1. The summed E-state index contributed by atoms with van der Waals surface area (Å²) < 4.78 is 34.1. The van der Waals surface area contributed by atoms with Gasteiger partial charge in [-0.2, -0.15) is 0 Å². The van der Waals surface area contributed by atoms with Crippen LogP contribution in [0, 0.1) is 0 Å². The number of carbonyl (C=O) groups excluding carboxylic acids is 2. The topological polar surface area (TPSA) is 111 Å². The first kappa shape index (κ1) is 70.2. The van der Waals surface area contributed by atoms with E-state index in [1.54, 1.807) is 0 Å². The minimum Gasteiger partial charge on any atom is -0.756 e. The van der Waals surface area contributed by atoms with Crippen LogP contribution in [0.3, 0.4) is 0 Å². The minimum atomic E-state index is -4.64. The van der Waals surface area contributed by atoms with Gasteiger partial charge in [-0.1, -0.05) is 249 Å². The smallest absolute Gasteiger partial charge is 0.306 e. The van der Waals surface area contributed by atoms with Crippen molar-refractivity contribution in [1.82, 2.24) is 0 Å². The molecule has 0 radical (unpaired) electrons. The lowest BCUT2D eigenvalue weighted by Crippen LogP contribution is -2.37. The highest BCUT2D eigenvalue weighted by Gasteiger charge is 2.22. The highest BCUT2D eigenvalue weighted by atomic mass is 31.2. The van der Waals surface area contributed by atoms with E-state index < -0.39 is 26.5 Å². The van der Waals surface area contributed by atoms with Crippen molar-refractivity contribution in [3.8, 4) is 0 Å². The van der Waals surface area contributed by atoms with Gasteiger partial charge in [-0.3, -0.25) is 14.2 Å². The van der Waals surface area contributed by atoms with Gasteiger partial charge in [-0.05, 0) is 70.6 Å². The molecule has 0 amide bonds. The molecule has 0 N–H and O–H groups in total. The quantitative estimate of drug-likeness (QED) is 0.0195. The molecule has 0 rings (SSSR count). The number of hydrogen-bond donors (Lipinski definition) is 0. The lowest BCUT2D eigenvalue weighted by molar-refractivity contribution is -0.870. The van der Waals surface area contributed by atoms with E-state index in [2.05, 4.69) is 50.3 Å². The Kier molecular flexibility index (Phi) is 52.7. The van der Waals surface area contributed by atoms with Crippen LogP contribution < -0.4 is 4.89 Å². The highest BCUT2D eigenvalue weighted by Crippen LogP contribution is 2.38. The first-order valence-electron chi connectivity index (χ1n) is 30.7. The van der Waals surface area contributed by atoms with Gasteiger partial charge in [0.15, 0.2) is 6.10 Å². The predicted octanol–water partition coefficient (Wildman–Crippen LogP) is 18.5. The van der Waals surface area contributed by atoms with Gasteiger partial charge in [-0.15, -0.1) is 0 Å². The number of esters is 2. The van der Waals surface area contributed by atoms with Gasteiger partial charge < -0.3 is 27.9 Å². The van der Waals surface area contributed by atoms with Crippen molar-refractivity contribution < 1.29 is 42.1 Å². The van der Waals surface area contributed by atoms with Crippen molar-refractivity contribution in [1.29, 1.82) is 0 Å². The third-order valence-electron chi connectivity index (χ3n) is 13.6. The van der Waals surface area contributed by atoms with E-state index in [1.807, 2.05) is 21.1 Å². The second kappa shape index (κ2) is 54.0. The van der Waals surface area contributed by atoms with Gasteiger partial charge in [0.25, 0.3) is 7.82 Å². The van der Waals surface area contributed by atoms with E-state index in [0.29, 0.717) is 17.4 Å². The van der Waals surface area contributed by atoms with Gasteiger partial charge in [-0.25, -0.2) is 0 Å². The summed E-state index contributed by atoms with van der Waals surface area (Å²) in [6.45, 7) is 4.23.